The number of hydrogen-bond donors (Lipinski definition) is 0. The van der Waals surface area contributed by atoms with E-state index < -0.39 is 60.6 Å². The van der Waals surface area contributed by atoms with E-state index in [0.29, 0.717) is 0 Å². The number of hydrogen-bond acceptors (Lipinski definition) is 15. The van der Waals surface area contributed by atoms with E-state index >= 15 is 0 Å². The first-order valence-corrected chi connectivity index (χ1v) is 13.6. The van der Waals surface area contributed by atoms with Gasteiger partial charge in [0.25, 0.3) is 0 Å². The molecule has 0 aromatic heterocycles. The van der Waals surface area contributed by atoms with Crippen molar-refractivity contribution in [1.82, 2.24) is 0 Å². The van der Waals surface area contributed by atoms with Gasteiger partial charge in [-0.2, -0.15) is 0 Å². The van der Waals surface area contributed by atoms with Crippen LogP contribution in [0.2, 0.25) is 0 Å². The lowest BCUT2D eigenvalue weighted by molar-refractivity contribution is -0.152. The third kappa shape index (κ3) is 23.1. The summed E-state index contributed by atoms with van der Waals surface area (Å²) in [6, 6.07) is 0. The summed E-state index contributed by atoms with van der Waals surface area (Å²) in [7, 11) is 0. The highest BCUT2D eigenvalue weighted by atomic mass is 16.7. The molecule has 0 N–H and O–H groups in total. The summed E-state index contributed by atoms with van der Waals surface area (Å²) in [6.07, 6.45) is -2.23. The first-order valence-electron chi connectivity index (χ1n) is 13.6. The Hall–Kier alpha value is -4.14. The van der Waals surface area contributed by atoms with Crippen LogP contribution in [0.15, 0.2) is 25.3 Å². The van der Waals surface area contributed by atoms with E-state index in [1.807, 2.05) is 0 Å². The fourth-order valence-electron chi connectivity index (χ4n) is 2.77. The Morgan fingerprint density at radius 1 is 0.535 bits per heavy atom. The van der Waals surface area contributed by atoms with E-state index in [2.05, 4.69) is 13.2 Å². The largest absolute Gasteiger partial charge is 0.508 e. The maximum Gasteiger partial charge on any atom is 0.508 e. The lowest BCUT2D eigenvalue weighted by Crippen LogP contribution is -2.28. The van der Waals surface area contributed by atoms with Gasteiger partial charge in [-0.05, 0) is 40.5 Å². The molecule has 4 unspecified atom stereocenters. The van der Waals surface area contributed by atoms with Crippen molar-refractivity contribution < 1.29 is 71.4 Å². The van der Waals surface area contributed by atoms with Gasteiger partial charge >= 0.3 is 36.2 Å². The van der Waals surface area contributed by atoms with E-state index in [4.69, 9.17) is 42.6 Å². The molecule has 0 saturated carbocycles. The Morgan fingerprint density at radius 3 is 1.23 bits per heavy atom. The molecule has 0 fully saturated rings. The molecule has 0 aliphatic rings. The van der Waals surface area contributed by atoms with Gasteiger partial charge in [-0.1, -0.05) is 13.2 Å². The van der Waals surface area contributed by atoms with Crippen molar-refractivity contribution in [3.05, 3.63) is 25.3 Å². The highest BCUT2D eigenvalue weighted by Crippen LogP contribution is 2.04. The smallest absolute Gasteiger partial charge is 0.463 e. The van der Waals surface area contributed by atoms with Crippen molar-refractivity contribution in [2.45, 2.75) is 77.8 Å². The summed E-state index contributed by atoms with van der Waals surface area (Å²) >= 11 is 0. The molecule has 0 heterocycles. The normalized spacial score (nSPS) is 13.1. The van der Waals surface area contributed by atoms with Crippen LogP contribution in [-0.4, -0.2) is 100 Å². The van der Waals surface area contributed by atoms with Gasteiger partial charge in [0, 0.05) is 25.0 Å². The second kappa shape index (κ2) is 23.4. The topological polar surface area (TPSA) is 185 Å². The molecule has 15 nitrogen and oxygen atoms in total. The van der Waals surface area contributed by atoms with Crippen LogP contribution < -0.4 is 0 Å². The predicted molar refractivity (Wildman–Crippen MR) is 146 cm³/mol. The lowest BCUT2D eigenvalue weighted by atomic mass is 10.3. The monoisotopic (exact) mass is 618 g/mol. The molecular weight excluding hydrogens is 576 g/mol. The molecule has 4 atom stereocenters. The molecule has 0 saturated heterocycles. The molecule has 0 bridgehead atoms. The van der Waals surface area contributed by atoms with Crippen molar-refractivity contribution in [3.8, 4) is 0 Å². The quantitative estimate of drug-likeness (QED) is 0.0745. The number of esters is 4. The highest BCUT2D eigenvalue weighted by Gasteiger charge is 2.18. The molecule has 0 spiro atoms. The van der Waals surface area contributed by atoms with Crippen LogP contribution in [0.3, 0.4) is 0 Å². The number of rotatable bonds is 22. The highest BCUT2D eigenvalue weighted by molar-refractivity contribution is 5.81. The standard InChI is InChI=1S/C28H42O15/c1-7-23(29)36-13-9-11-25(31)40-21(5)17-38-27(33)42-19(3)15-35-16-20(4)43-28(34)39-18-22(6)41-26(32)12-10-14-37-24(30)8-2/h7-8,19-22H,1-2,9-18H2,3-6H3. The maximum absolute atomic E-state index is 11.8. The van der Waals surface area contributed by atoms with Crippen LogP contribution in [0.1, 0.15) is 53.4 Å². The zero-order valence-electron chi connectivity index (χ0n) is 25.1. The van der Waals surface area contributed by atoms with Gasteiger partial charge in [-0.25, -0.2) is 19.2 Å². The van der Waals surface area contributed by atoms with Crippen LogP contribution in [0.4, 0.5) is 9.59 Å². The third-order valence-electron chi connectivity index (χ3n) is 4.71. The molecule has 0 aliphatic heterocycles. The van der Waals surface area contributed by atoms with Crippen molar-refractivity contribution in [2.24, 2.45) is 0 Å². The Kier molecular flexibility index (Phi) is 21.2. The Bertz CT molecular complexity index is 844. The van der Waals surface area contributed by atoms with Crippen molar-refractivity contribution in [2.75, 3.05) is 39.6 Å². The molecule has 0 aromatic carbocycles. The van der Waals surface area contributed by atoms with Gasteiger partial charge in [0.1, 0.15) is 37.6 Å². The predicted octanol–water partition coefficient (Wildman–Crippen LogP) is 2.97. The van der Waals surface area contributed by atoms with Crippen LogP contribution in [0.5, 0.6) is 0 Å². The average Bonchev–Trinajstić information content (AvgIpc) is 2.94. The van der Waals surface area contributed by atoms with Gasteiger partial charge in [-0.3, -0.25) is 9.59 Å². The Balaban J connectivity index is 3.98. The summed E-state index contributed by atoms with van der Waals surface area (Å²) in [6.45, 7) is 12.3. The molecule has 43 heavy (non-hydrogen) atoms. The average molecular weight is 619 g/mol. The first-order chi connectivity index (χ1) is 20.4. The molecule has 0 aliphatic carbocycles. The number of carbonyl (C=O) groups excluding carboxylic acids is 6. The second-order valence-corrected chi connectivity index (χ2v) is 9.07. The maximum atomic E-state index is 11.8. The molecule has 0 amide bonds. The molecular formula is C28H42O15. The Labute approximate surface area is 250 Å². The minimum Gasteiger partial charge on any atom is -0.463 e. The molecule has 0 radical (unpaired) electrons. The van der Waals surface area contributed by atoms with Crippen molar-refractivity contribution in [1.29, 1.82) is 0 Å². The van der Waals surface area contributed by atoms with Crippen molar-refractivity contribution >= 4 is 36.2 Å². The number of carbonyl (C=O) groups is 6. The fraction of sp³-hybridized carbons (Fsp3) is 0.643. The van der Waals surface area contributed by atoms with Gasteiger partial charge in [0.2, 0.25) is 0 Å². The molecule has 0 aromatic rings. The molecule has 244 valence electrons. The summed E-state index contributed by atoms with van der Waals surface area (Å²) in [5, 5.41) is 0. The van der Waals surface area contributed by atoms with Gasteiger partial charge in [0.15, 0.2) is 0 Å². The first kappa shape index (κ1) is 38.9. The summed E-state index contributed by atoms with van der Waals surface area (Å²) in [5.74, 6) is -2.26. The number of ether oxygens (including phenoxy) is 9. The van der Waals surface area contributed by atoms with E-state index in [-0.39, 0.29) is 65.3 Å². The SMILES string of the molecule is C=CC(=O)OCCCC(=O)OC(C)COC(=O)OC(C)COCC(C)OC(=O)OCC(C)OC(=O)CCCOC(=O)C=C. The fourth-order valence-corrected chi connectivity index (χ4v) is 2.77. The third-order valence-corrected chi connectivity index (χ3v) is 4.71. The summed E-state index contributed by atoms with van der Waals surface area (Å²) in [5.41, 5.74) is 0. The summed E-state index contributed by atoms with van der Waals surface area (Å²) in [4.78, 5) is 69.1. The Morgan fingerprint density at radius 2 is 0.884 bits per heavy atom. The van der Waals surface area contributed by atoms with Crippen molar-refractivity contribution in [3.63, 3.8) is 0 Å². The van der Waals surface area contributed by atoms with E-state index in [1.54, 1.807) is 13.8 Å². The summed E-state index contributed by atoms with van der Waals surface area (Å²) < 4.78 is 45.0. The van der Waals surface area contributed by atoms with Crippen LogP contribution in [0.25, 0.3) is 0 Å². The van der Waals surface area contributed by atoms with Crippen LogP contribution in [-0.2, 0) is 61.8 Å². The minimum absolute atomic E-state index is 0.0151. The second-order valence-electron chi connectivity index (χ2n) is 9.07. The van der Waals surface area contributed by atoms with Crippen LogP contribution in [0, 0.1) is 0 Å². The van der Waals surface area contributed by atoms with E-state index in [9.17, 15) is 28.8 Å². The van der Waals surface area contributed by atoms with Gasteiger partial charge in [0.05, 0.1) is 26.4 Å². The van der Waals surface area contributed by atoms with E-state index in [1.165, 1.54) is 13.8 Å². The molecule has 0 rings (SSSR count). The van der Waals surface area contributed by atoms with Gasteiger partial charge < -0.3 is 42.6 Å². The lowest BCUT2D eigenvalue weighted by Gasteiger charge is -2.18. The van der Waals surface area contributed by atoms with E-state index in [0.717, 1.165) is 12.2 Å². The molecule has 15 heteroatoms. The zero-order valence-corrected chi connectivity index (χ0v) is 25.1. The van der Waals surface area contributed by atoms with Gasteiger partial charge in [-0.15, -0.1) is 0 Å². The zero-order chi connectivity index (χ0) is 32.6. The van der Waals surface area contributed by atoms with Crippen LogP contribution >= 0.6 is 0 Å². The minimum atomic E-state index is -0.992.